The van der Waals surface area contributed by atoms with Gasteiger partial charge in [0.1, 0.15) is 12.1 Å². The maximum atomic E-state index is 12.8. The van der Waals surface area contributed by atoms with Gasteiger partial charge in [-0.15, -0.1) is 0 Å². The Labute approximate surface area is 341 Å². The first-order chi connectivity index (χ1) is 29.2. The Hall–Kier alpha value is -9.12. The van der Waals surface area contributed by atoms with E-state index in [0.29, 0.717) is 47.6 Å². The second kappa shape index (κ2) is 14.4. The van der Waals surface area contributed by atoms with Crippen LogP contribution in [0.1, 0.15) is 75.1 Å². The van der Waals surface area contributed by atoms with E-state index in [-0.39, 0.29) is 33.8 Å². The predicted molar refractivity (Wildman–Crippen MR) is 214 cm³/mol. The molecule has 0 radical (unpaired) electrons. The van der Waals surface area contributed by atoms with Gasteiger partial charge in [-0.2, -0.15) is 10.5 Å². The SMILES string of the molecule is [C-]#[N+]c1nc(N2C(=O)c3ccccc3C2=O)c(C#N)nc1N1C(=O)c2ccccc2C1=O.[C-]#[N+]c1nc(N2Cc3ccccc3C2)c(C#N)nc1N1Cc2ccccc2C1. The van der Waals surface area contributed by atoms with Gasteiger partial charge in [0, 0.05) is 26.2 Å². The lowest BCUT2D eigenvalue weighted by atomic mass is 10.1. The molecule has 4 aliphatic heterocycles. The summed E-state index contributed by atoms with van der Waals surface area (Å²) in [5.74, 6) is -3.05. The van der Waals surface area contributed by atoms with Crippen molar-refractivity contribution in [1.29, 1.82) is 10.5 Å². The molecule has 6 aromatic rings. The van der Waals surface area contributed by atoms with Gasteiger partial charge in [0.2, 0.25) is 11.4 Å². The van der Waals surface area contributed by atoms with Crippen molar-refractivity contribution in [2.24, 2.45) is 0 Å². The lowest BCUT2D eigenvalue weighted by Gasteiger charge is -2.20. The number of rotatable bonds is 4. The standard InChI is InChI=1S/C22H8N6O4.C22H16N6/c1-24-16-18(28-21(31)13-8-4-5-9-14(13)22(28)32)25-15(10-23)17(26-16)27-19(29)11-6-2-3-7-12(11)20(27)30;1-24-20-22(28-13-17-8-4-5-9-18(17)14-28)25-19(10-23)21(26-20)27-11-15-6-2-3-7-16(15)12-27/h2-9H;2-9H,11-14H2. The molecule has 284 valence electrons. The highest BCUT2D eigenvalue weighted by Crippen LogP contribution is 2.39. The molecule has 6 heterocycles. The molecule has 4 amide bonds. The first-order valence-electron chi connectivity index (χ1n) is 18.2. The molecule has 4 aliphatic rings. The summed E-state index contributed by atoms with van der Waals surface area (Å²) in [6, 6.07) is 32.5. The second-order valence-corrected chi connectivity index (χ2v) is 13.8. The number of nitriles is 2. The number of fused-ring (bicyclic) bond motifs is 4. The maximum absolute atomic E-state index is 12.8. The van der Waals surface area contributed by atoms with Crippen molar-refractivity contribution in [3.8, 4) is 12.1 Å². The molecular formula is C44H24N12O4. The van der Waals surface area contributed by atoms with E-state index in [1.807, 2.05) is 34.1 Å². The Bertz CT molecular complexity index is 2750. The van der Waals surface area contributed by atoms with Gasteiger partial charge in [-0.3, -0.25) is 19.2 Å². The molecule has 0 N–H and O–H groups in total. The smallest absolute Gasteiger partial charge is 0.315 e. The van der Waals surface area contributed by atoms with Gasteiger partial charge in [0.25, 0.3) is 35.3 Å². The highest BCUT2D eigenvalue weighted by atomic mass is 16.2. The molecule has 4 aromatic carbocycles. The van der Waals surface area contributed by atoms with E-state index in [9.17, 15) is 29.7 Å². The van der Waals surface area contributed by atoms with Crippen molar-refractivity contribution in [1.82, 2.24) is 19.9 Å². The Balaban J connectivity index is 0.000000155. The predicted octanol–water partition coefficient (Wildman–Crippen LogP) is 6.44. The van der Waals surface area contributed by atoms with Gasteiger partial charge in [0.15, 0.2) is 11.6 Å². The number of anilines is 4. The summed E-state index contributed by atoms with van der Waals surface area (Å²) >= 11 is 0. The molecule has 10 rings (SSSR count). The lowest BCUT2D eigenvalue weighted by Crippen LogP contribution is -2.33. The number of benzene rings is 4. The Morgan fingerprint density at radius 3 is 1.17 bits per heavy atom. The van der Waals surface area contributed by atoms with Crippen molar-refractivity contribution in [3.63, 3.8) is 0 Å². The number of amides is 4. The fourth-order valence-corrected chi connectivity index (χ4v) is 7.59. The normalized spacial score (nSPS) is 14.3. The third kappa shape index (κ3) is 5.81. The minimum Gasteiger partial charge on any atom is -0.358 e. The van der Waals surface area contributed by atoms with Crippen LogP contribution in [0.5, 0.6) is 0 Å². The fraction of sp³-hybridized carbons (Fsp3) is 0.0909. The van der Waals surface area contributed by atoms with Crippen LogP contribution in [0.3, 0.4) is 0 Å². The van der Waals surface area contributed by atoms with Gasteiger partial charge in [-0.25, -0.2) is 19.8 Å². The zero-order valence-electron chi connectivity index (χ0n) is 31.1. The summed E-state index contributed by atoms with van der Waals surface area (Å²) in [7, 11) is 0. The van der Waals surface area contributed by atoms with E-state index in [2.05, 4.69) is 60.0 Å². The lowest BCUT2D eigenvalue weighted by molar-refractivity contribution is 0.0907. The summed E-state index contributed by atoms with van der Waals surface area (Å²) in [5.41, 5.74) is 5.15. The topological polar surface area (TPSA) is 189 Å². The average Bonchev–Trinajstić information content (AvgIpc) is 4.04. The number of hydrogen-bond acceptors (Lipinski definition) is 12. The zero-order chi connectivity index (χ0) is 41.7. The Morgan fingerprint density at radius 2 is 0.767 bits per heavy atom. The molecule has 2 aromatic heterocycles. The van der Waals surface area contributed by atoms with Crippen LogP contribution in [0, 0.1) is 35.8 Å². The van der Waals surface area contributed by atoms with Crippen LogP contribution in [0.4, 0.5) is 34.9 Å². The van der Waals surface area contributed by atoms with Crippen molar-refractivity contribution < 1.29 is 19.2 Å². The summed E-state index contributed by atoms with van der Waals surface area (Å²) in [6.07, 6.45) is 0. The maximum Gasteiger partial charge on any atom is 0.315 e. The highest BCUT2D eigenvalue weighted by molar-refractivity contribution is 6.36. The van der Waals surface area contributed by atoms with E-state index in [1.54, 1.807) is 30.3 Å². The van der Waals surface area contributed by atoms with Gasteiger partial charge < -0.3 is 19.5 Å². The number of carbonyl (C=O) groups excluding carboxylic acids is 4. The second-order valence-electron chi connectivity index (χ2n) is 13.8. The minimum atomic E-state index is -0.721. The van der Waals surface area contributed by atoms with Crippen molar-refractivity contribution in [2.45, 2.75) is 26.2 Å². The summed E-state index contributed by atoms with van der Waals surface area (Å²) in [5, 5.41) is 19.4. The molecule has 60 heavy (non-hydrogen) atoms. The van der Waals surface area contributed by atoms with Crippen LogP contribution >= 0.6 is 0 Å². The largest absolute Gasteiger partial charge is 0.358 e. The molecule has 0 fully saturated rings. The van der Waals surface area contributed by atoms with E-state index in [0.717, 1.165) is 0 Å². The summed E-state index contributed by atoms with van der Waals surface area (Å²) in [6.45, 7) is 17.8. The van der Waals surface area contributed by atoms with Gasteiger partial charge in [-0.05, 0) is 46.5 Å². The average molecular weight is 785 g/mol. The van der Waals surface area contributed by atoms with Crippen LogP contribution in [0.25, 0.3) is 9.69 Å². The molecular weight excluding hydrogens is 761 g/mol. The molecule has 0 aliphatic carbocycles. The van der Waals surface area contributed by atoms with E-state index in [1.165, 1.54) is 46.5 Å². The monoisotopic (exact) mass is 784 g/mol. The number of carbonyl (C=O) groups is 4. The minimum absolute atomic E-state index is 0.122. The van der Waals surface area contributed by atoms with Crippen LogP contribution in [0.15, 0.2) is 97.1 Å². The molecule has 16 heteroatoms. The van der Waals surface area contributed by atoms with Crippen molar-refractivity contribution >= 4 is 58.5 Å². The van der Waals surface area contributed by atoms with Crippen LogP contribution < -0.4 is 19.6 Å². The van der Waals surface area contributed by atoms with Crippen molar-refractivity contribution in [2.75, 3.05) is 19.6 Å². The molecule has 0 atom stereocenters. The van der Waals surface area contributed by atoms with E-state index < -0.39 is 46.8 Å². The number of nitrogens with zero attached hydrogens (tertiary/aromatic N) is 12. The zero-order valence-corrected chi connectivity index (χ0v) is 31.1. The summed E-state index contributed by atoms with van der Waals surface area (Å²) < 4.78 is 0. The fourth-order valence-electron chi connectivity index (χ4n) is 7.59. The number of aromatic nitrogens is 4. The van der Waals surface area contributed by atoms with Crippen LogP contribution in [-0.2, 0) is 26.2 Å². The molecule has 0 saturated carbocycles. The van der Waals surface area contributed by atoms with Crippen LogP contribution in [0.2, 0.25) is 0 Å². The molecule has 0 saturated heterocycles. The first-order valence-corrected chi connectivity index (χ1v) is 18.2. The summed E-state index contributed by atoms with van der Waals surface area (Å²) in [4.78, 5) is 80.6. The third-order valence-corrected chi connectivity index (χ3v) is 10.4. The first kappa shape index (κ1) is 36.5. The highest BCUT2D eigenvalue weighted by Gasteiger charge is 2.44. The molecule has 0 bridgehead atoms. The van der Waals surface area contributed by atoms with Gasteiger partial charge in [-0.1, -0.05) is 95.9 Å². The van der Waals surface area contributed by atoms with Crippen molar-refractivity contribution in [3.05, 3.63) is 176 Å². The molecule has 0 spiro atoms. The third-order valence-electron chi connectivity index (χ3n) is 10.4. The van der Waals surface area contributed by atoms with Gasteiger partial charge >= 0.3 is 11.6 Å². The Morgan fingerprint density at radius 1 is 0.450 bits per heavy atom. The molecule has 16 nitrogen and oxygen atoms in total. The number of hydrogen-bond donors (Lipinski definition) is 0. The van der Waals surface area contributed by atoms with E-state index >= 15 is 0 Å². The number of imide groups is 2. The van der Waals surface area contributed by atoms with Crippen LogP contribution in [-0.4, -0.2) is 43.6 Å². The van der Waals surface area contributed by atoms with E-state index in [4.69, 9.17) is 13.1 Å². The van der Waals surface area contributed by atoms with Gasteiger partial charge in [0.05, 0.1) is 22.3 Å². The quantitative estimate of drug-likeness (QED) is 0.141. The molecule has 0 unspecified atom stereocenters. The Kier molecular flexibility index (Phi) is 8.78.